The van der Waals surface area contributed by atoms with E-state index >= 15 is 0 Å². The van der Waals surface area contributed by atoms with E-state index in [2.05, 4.69) is 65.6 Å². The zero-order valence-electron chi connectivity index (χ0n) is 11.3. The lowest BCUT2D eigenvalue weighted by atomic mass is 10.1. The van der Waals surface area contributed by atoms with Crippen LogP contribution in [0, 0.1) is 0 Å². The fraction of sp³-hybridized carbons (Fsp3) is 0. The van der Waals surface area contributed by atoms with Gasteiger partial charge in [0.2, 0.25) is 0 Å². The quantitative estimate of drug-likeness (QED) is 0.392. The van der Waals surface area contributed by atoms with Crippen molar-refractivity contribution in [1.29, 1.82) is 0 Å². The monoisotopic (exact) mass is 268 g/mol. The van der Waals surface area contributed by atoms with Gasteiger partial charge in [0.05, 0.1) is 16.6 Å². The van der Waals surface area contributed by atoms with E-state index in [1.54, 1.807) is 0 Å². The molecule has 1 N–H and O–H groups in total. The van der Waals surface area contributed by atoms with E-state index in [-0.39, 0.29) is 0 Å². The lowest BCUT2D eigenvalue weighted by molar-refractivity contribution is 1.49. The van der Waals surface area contributed by atoms with E-state index in [1.807, 2.05) is 6.07 Å². The van der Waals surface area contributed by atoms with Crippen LogP contribution in [0.5, 0.6) is 0 Å². The van der Waals surface area contributed by atoms with Crippen LogP contribution in [0.15, 0.2) is 66.7 Å². The molecule has 0 unspecified atom stereocenters. The van der Waals surface area contributed by atoms with Gasteiger partial charge < -0.3 is 4.98 Å². The van der Waals surface area contributed by atoms with Crippen LogP contribution in [0.25, 0.3) is 43.6 Å². The van der Waals surface area contributed by atoms with Crippen molar-refractivity contribution in [2.24, 2.45) is 0 Å². The molecule has 0 bridgehead atoms. The minimum atomic E-state index is 1.03. The predicted octanol–water partition coefficient (Wildman–Crippen LogP) is 5.02. The number of fused-ring (bicyclic) bond motifs is 6. The summed E-state index contributed by atoms with van der Waals surface area (Å²) in [6.07, 6.45) is 0. The Balaban J connectivity index is 2.05. The maximum absolute atomic E-state index is 4.78. The zero-order chi connectivity index (χ0) is 13.8. The van der Waals surface area contributed by atoms with Crippen LogP contribution >= 0.6 is 0 Å². The van der Waals surface area contributed by atoms with Gasteiger partial charge in [0.1, 0.15) is 0 Å². The maximum atomic E-state index is 4.78. The third-order valence-electron chi connectivity index (χ3n) is 4.18. The van der Waals surface area contributed by atoms with Crippen LogP contribution in [0.1, 0.15) is 0 Å². The molecule has 0 amide bonds. The third kappa shape index (κ3) is 1.44. The molecular weight excluding hydrogens is 256 g/mol. The number of rotatable bonds is 0. The number of benzene rings is 3. The summed E-state index contributed by atoms with van der Waals surface area (Å²) in [6.45, 7) is 0. The van der Waals surface area contributed by atoms with Gasteiger partial charge in [-0.05, 0) is 24.3 Å². The van der Waals surface area contributed by atoms with E-state index in [4.69, 9.17) is 4.98 Å². The zero-order valence-corrected chi connectivity index (χ0v) is 11.3. The SMILES string of the molecule is c1ccc2nc3ccc4c5ccccc5[nH]c4c3cc2c1. The number of nitrogens with zero attached hydrogens (tertiary/aromatic N) is 1. The van der Waals surface area contributed by atoms with Gasteiger partial charge in [0, 0.05) is 27.1 Å². The molecule has 21 heavy (non-hydrogen) atoms. The van der Waals surface area contributed by atoms with Gasteiger partial charge >= 0.3 is 0 Å². The highest BCUT2D eigenvalue weighted by Gasteiger charge is 2.08. The molecule has 0 radical (unpaired) electrons. The van der Waals surface area contributed by atoms with Gasteiger partial charge in [-0.2, -0.15) is 0 Å². The number of aromatic amines is 1. The van der Waals surface area contributed by atoms with E-state index in [1.165, 1.54) is 32.6 Å². The second kappa shape index (κ2) is 3.83. The second-order valence-corrected chi connectivity index (χ2v) is 5.41. The van der Waals surface area contributed by atoms with Gasteiger partial charge in [-0.15, -0.1) is 0 Å². The molecule has 5 aromatic rings. The standard InChI is InChI=1S/C19H12N2/c1-3-7-16-12(5-1)11-15-18(20-16)10-9-14-13-6-2-4-8-17(13)21-19(14)15/h1-11,21H. The van der Waals surface area contributed by atoms with Crippen LogP contribution in [0.4, 0.5) is 0 Å². The fourth-order valence-electron chi connectivity index (χ4n) is 3.17. The summed E-state index contributed by atoms with van der Waals surface area (Å²) in [7, 11) is 0. The molecule has 0 fully saturated rings. The fourth-order valence-corrected chi connectivity index (χ4v) is 3.17. The summed E-state index contributed by atoms with van der Waals surface area (Å²) in [4.78, 5) is 8.32. The van der Waals surface area contributed by atoms with Crippen molar-refractivity contribution in [3.05, 3.63) is 66.7 Å². The highest BCUT2D eigenvalue weighted by molar-refractivity contribution is 6.17. The molecule has 2 heterocycles. The van der Waals surface area contributed by atoms with Crippen LogP contribution < -0.4 is 0 Å². The van der Waals surface area contributed by atoms with Crippen molar-refractivity contribution in [1.82, 2.24) is 9.97 Å². The third-order valence-corrected chi connectivity index (χ3v) is 4.18. The molecule has 2 heteroatoms. The Bertz CT molecular complexity index is 1140. The van der Waals surface area contributed by atoms with Crippen molar-refractivity contribution < 1.29 is 0 Å². The van der Waals surface area contributed by atoms with Crippen molar-refractivity contribution in [3.63, 3.8) is 0 Å². The molecule has 3 aromatic carbocycles. The molecule has 0 aliphatic carbocycles. The summed E-state index contributed by atoms with van der Waals surface area (Å²) in [5, 5.41) is 4.89. The molecular formula is C19H12N2. The summed E-state index contributed by atoms with van der Waals surface area (Å²) < 4.78 is 0. The Hall–Kier alpha value is -2.87. The number of hydrogen-bond acceptors (Lipinski definition) is 1. The predicted molar refractivity (Wildman–Crippen MR) is 88.6 cm³/mol. The first-order valence-electron chi connectivity index (χ1n) is 7.09. The van der Waals surface area contributed by atoms with Crippen molar-refractivity contribution >= 4 is 43.6 Å². The molecule has 0 saturated carbocycles. The number of aromatic nitrogens is 2. The van der Waals surface area contributed by atoms with E-state index in [0.29, 0.717) is 0 Å². The minimum Gasteiger partial charge on any atom is -0.354 e. The number of H-pyrrole nitrogens is 1. The molecule has 0 saturated heterocycles. The molecule has 5 rings (SSSR count). The first-order valence-corrected chi connectivity index (χ1v) is 7.09. The van der Waals surface area contributed by atoms with Gasteiger partial charge in [-0.25, -0.2) is 4.98 Å². The molecule has 0 aliphatic heterocycles. The normalized spacial score (nSPS) is 11.8. The molecule has 2 nitrogen and oxygen atoms in total. The first kappa shape index (κ1) is 10.9. The molecule has 0 aliphatic rings. The minimum absolute atomic E-state index is 1.03. The number of para-hydroxylation sites is 2. The average molecular weight is 268 g/mol. The lowest BCUT2D eigenvalue weighted by Gasteiger charge is -2.02. The first-order chi connectivity index (χ1) is 10.4. The molecule has 98 valence electrons. The van der Waals surface area contributed by atoms with Crippen LogP contribution in [0.2, 0.25) is 0 Å². The van der Waals surface area contributed by atoms with Crippen LogP contribution in [0.3, 0.4) is 0 Å². The Morgan fingerprint density at radius 1 is 0.667 bits per heavy atom. The summed E-state index contributed by atoms with van der Waals surface area (Å²) in [5.41, 5.74) is 4.42. The van der Waals surface area contributed by atoms with Crippen molar-refractivity contribution in [2.45, 2.75) is 0 Å². The average Bonchev–Trinajstić information content (AvgIpc) is 2.92. The van der Waals surface area contributed by atoms with Crippen LogP contribution in [-0.4, -0.2) is 9.97 Å². The number of nitrogens with one attached hydrogen (secondary N) is 1. The number of hydrogen-bond donors (Lipinski definition) is 1. The summed E-state index contributed by atoms with van der Waals surface area (Å²) in [5.74, 6) is 0. The smallest absolute Gasteiger partial charge is 0.0731 e. The van der Waals surface area contributed by atoms with E-state index in [9.17, 15) is 0 Å². The largest absolute Gasteiger partial charge is 0.354 e. The highest BCUT2D eigenvalue weighted by Crippen LogP contribution is 2.31. The Labute approximate surface area is 121 Å². The molecule has 2 aromatic heterocycles. The molecule has 0 spiro atoms. The Kier molecular flexibility index (Phi) is 1.98. The summed E-state index contributed by atoms with van der Waals surface area (Å²) >= 11 is 0. The van der Waals surface area contributed by atoms with Gasteiger partial charge in [0.25, 0.3) is 0 Å². The van der Waals surface area contributed by atoms with Crippen LogP contribution in [-0.2, 0) is 0 Å². The van der Waals surface area contributed by atoms with Crippen molar-refractivity contribution in [2.75, 3.05) is 0 Å². The van der Waals surface area contributed by atoms with Gasteiger partial charge in [-0.3, -0.25) is 0 Å². The van der Waals surface area contributed by atoms with Gasteiger partial charge in [-0.1, -0.05) is 42.5 Å². The topological polar surface area (TPSA) is 28.7 Å². The Morgan fingerprint density at radius 3 is 2.52 bits per heavy atom. The molecule has 0 atom stereocenters. The summed E-state index contributed by atoms with van der Waals surface area (Å²) in [6, 6.07) is 23.2. The highest BCUT2D eigenvalue weighted by atomic mass is 14.7. The second-order valence-electron chi connectivity index (χ2n) is 5.41. The Morgan fingerprint density at radius 2 is 1.52 bits per heavy atom. The van der Waals surface area contributed by atoms with E-state index < -0.39 is 0 Å². The van der Waals surface area contributed by atoms with Gasteiger partial charge in [0.15, 0.2) is 0 Å². The maximum Gasteiger partial charge on any atom is 0.0731 e. The lowest BCUT2D eigenvalue weighted by Crippen LogP contribution is -1.83. The van der Waals surface area contributed by atoms with E-state index in [0.717, 1.165) is 11.0 Å². The van der Waals surface area contributed by atoms with Crippen molar-refractivity contribution in [3.8, 4) is 0 Å². The number of pyridine rings is 1.